The second kappa shape index (κ2) is 7.70. The van der Waals surface area contributed by atoms with E-state index in [2.05, 4.69) is 4.98 Å². The monoisotopic (exact) mass is 391 g/mol. The zero-order valence-electron chi connectivity index (χ0n) is 15.3. The normalized spacial score (nSPS) is 10.6. The van der Waals surface area contributed by atoms with E-state index in [1.807, 2.05) is 54.6 Å². The smallest absolute Gasteiger partial charge is 0.363 e. The van der Waals surface area contributed by atoms with Crippen LogP contribution in [0.5, 0.6) is 17.2 Å². The zero-order chi connectivity index (χ0) is 19.5. The molecule has 1 heterocycles. The van der Waals surface area contributed by atoms with Crippen molar-refractivity contribution in [2.75, 3.05) is 14.2 Å². The topological polar surface area (TPSA) is 57.7 Å². The van der Waals surface area contributed by atoms with Crippen LogP contribution in [0.25, 0.3) is 21.3 Å². The Labute approximate surface area is 166 Å². The average Bonchev–Trinajstić information content (AvgIpc) is 3.23. The molecule has 140 valence electrons. The molecule has 3 aromatic carbocycles. The van der Waals surface area contributed by atoms with E-state index in [1.165, 1.54) is 11.3 Å². The summed E-state index contributed by atoms with van der Waals surface area (Å²) < 4.78 is 15.9. The fourth-order valence-corrected chi connectivity index (χ4v) is 3.58. The maximum Gasteiger partial charge on any atom is 0.363 e. The second-order valence-corrected chi connectivity index (χ2v) is 6.89. The summed E-state index contributed by atoms with van der Waals surface area (Å²) in [6.07, 6.45) is 0. The molecule has 0 amide bonds. The molecule has 1 aromatic heterocycles. The quantitative estimate of drug-likeness (QED) is 0.346. The first-order valence-electron chi connectivity index (χ1n) is 8.56. The van der Waals surface area contributed by atoms with E-state index < -0.39 is 5.97 Å². The molecule has 0 aliphatic rings. The number of hydrogen-bond acceptors (Lipinski definition) is 6. The number of methoxy groups -OCH3 is 2. The molecule has 0 spiro atoms. The summed E-state index contributed by atoms with van der Waals surface area (Å²) >= 11 is 1.39. The number of carbonyl (C=O) groups excluding carboxylic acids is 1. The number of esters is 1. The lowest BCUT2D eigenvalue weighted by molar-refractivity contribution is 0.0730. The van der Waals surface area contributed by atoms with E-state index in [0.717, 1.165) is 32.8 Å². The zero-order valence-corrected chi connectivity index (χ0v) is 16.2. The third-order valence-corrected chi connectivity index (χ3v) is 5.17. The van der Waals surface area contributed by atoms with E-state index in [4.69, 9.17) is 14.2 Å². The first-order chi connectivity index (χ1) is 13.7. The summed E-state index contributed by atoms with van der Waals surface area (Å²) in [6, 6.07) is 18.8. The van der Waals surface area contributed by atoms with Crippen LogP contribution < -0.4 is 14.2 Å². The number of ether oxygens (including phenoxy) is 3. The summed E-state index contributed by atoms with van der Waals surface area (Å²) in [6.45, 7) is 0. The molecule has 5 nitrogen and oxygen atoms in total. The van der Waals surface area contributed by atoms with Gasteiger partial charge in [0.2, 0.25) is 0 Å². The SMILES string of the molecule is COc1ccc(-c2nc(C(=O)Oc3ccc4ccc(OC)cc4c3)cs2)cc1. The van der Waals surface area contributed by atoms with E-state index in [9.17, 15) is 4.79 Å². The highest BCUT2D eigenvalue weighted by Crippen LogP contribution is 2.28. The Morgan fingerprint density at radius 1 is 0.821 bits per heavy atom. The number of hydrogen-bond donors (Lipinski definition) is 0. The highest BCUT2D eigenvalue weighted by molar-refractivity contribution is 7.13. The highest BCUT2D eigenvalue weighted by Gasteiger charge is 2.14. The van der Waals surface area contributed by atoms with Gasteiger partial charge < -0.3 is 14.2 Å². The Hall–Kier alpha value is -3.38. The highest BCUT2D eigenvalue weighted by atomic mass is 32.1. The lowest BCUT2D eigenvalue weighted by Crippen LogP contribution is -2.08. The molecule has 0 unspecified atom stereocenters. The molecule has 6 heteroatoms. The van der Waals surface area contributed by atoms with Gasteiger partial charge in [0.05, 0.1) is 14.2 Å². The average molecular weight is 391 g/mol. The molecule has 0 aliphatic heterocycles. The van der Waals surface area contributed by atoms with Crippen LogP contribution in [-0.2, 0) is 0 Å². The van der Waals surface area contributed by atoms with Crippen LogP contribution in [0.4, 0.5) is 0 Å². The van der Waals surface area contributed by atoms with Crippen LogP contribution >= 0.6 is 11.3 Å². The van der Waals surface area contributed by atoms with Gasteiger partial charge in [-0.05, 0) is 59.3 Å². The molecule has 4 aromatic rings. The lowest BCUT2D eigenvalue weighted by atomic mass is 10.1. The maximum atomic E-state index is 12.5. The standard InChI is InChI=1S/C22H17NO4S/c1-25-17-7-5-15(6-8-17)21-23-20(13-28-21)22(24)27-19-10-4-14-3-9-18(26-2)11-16(14)12-19/h3-13H,1-2H3. The Morgan fingerprint density at radius 2 is 1.46 bits per heavy atom. The van der Waals surface area contributed by atoms with Crippen LogP contribution in [0.2, 0.25) is 0 Å². The van der Waals surface area contributed by atoms with Crippen molar-refractivity contribution < 1.29 is 19.0 Å². The molecule has 0 radical (unpaired) electrons. The van der Waals surface area contributed by atoms with Crippen LogP contribution in [0.3, 0.4) is 0 Å². The van der Waals surface area contributed by atoms with Crippen molar-refractivity contribution >= 4 is 28.1 Å². The summed E-state index contributed by atoms with van der Waals surface area (Å²) in [5.74, 6) is 1.50. The van der Waals surface area contributed by atoms with Crippen LogP contribution in [0, 0.1) is 0 Å². The molecule has 28 heavy (non-hydrogen) atoms. The number of nitrogens with zero attached hydrogens (tertiary/aromatic N) is 1. The number of carbonyl (C=O) groups is 1. The van der Waals surface area contributed by atoms with Crippen LogP contribution in [0.15, 0.2) is 66.0 Å². The molecule has 0 bridgehead atoms. The molecule has 0 N–H and O–H groups in total. The van der Waals surface area contributed by atoms with Crippen molar-refractivity contribution in [2.24, 2.45) is 0 Å². The van der Waals surface area contributed by atoms with Gasteiger partial charge in [0, 0.05) is 10.9 Å². The van der Waals surface area contributed by atoms with Gasteiger partial charge in [-0.3, -0.25) is 0 Å². The summed E-state index contributed by atoms with van der Waals surface area (Å²) in [7, 11) is 3.24. The number of thiazole rings is 1. The number of benzene rings is 3. The number of fused-ring (bicyclic) bond motifs is 1. The fraction of sp³-hybridized carbons (Fsp3) is 0.0909. The molecule has 0 saturated heterocycles. The van der Waals surface area contributed by atoms with Crippen molar-refractivity contribution in [1.29, 1.82) is 0 Å². The van der Waals surface area contributed by atoms with Gasteiger partial charge in [0.25, 0.3) is 0 Å². The van der Waals surface area contributed by atoms with Gasteiger partial charge in [-0.15, -0.1) is 11.3 Å². The van der Waals surface area contributed by atoms with Gasteiger partial charge in [-0.25, -0.2) is 9.78 Å². The first kappa shape index (κ1) is 18.0. The Bertz CT molecular complexity index is 1130. The van der Waals surface area contributed by atoms with Crippen molar-refractivity contribution in [2.45, 2.75) is 0 Å². The molecule has 0 fully saturated rings. The first-order valence-corrected chi connectivity index (χ1v) is 9.44. The van der Waals surface area contributed by atoms with E-state index in [1.54, 1.807) is 25.7 Å². The molecule has 0 saturated carbocycles. The lowest BCUT2D eigenvalue weighted by Gasteiger charge is -2.06. The van der Waals surface area contributed by atoms with E-state index >= 15 is 0 Å². The predicted octanol–water partition coefficient (Wildman–Crippen LogP) is 5.20. The third kappa shape index (κ3) is 3.68. The minimum absolute atomic E-state index is 0.279. The van der Waals surface area contributed by atoms with Gasteiger partial charge in [-0.2, -0.15) is 0 Å². The van der Waals surface area contributed by atoms with Crippen molar-refractivity contribution in [1.82, 2.24) is 4.98 Å². The van der Waals surface area contributed by atoms with E-state index in [-0.39, 0.29) is 5.69 Å². The predicted molar refractivity (Wildman–Crippen MR) is 110 cm³/mol. The fourth-order valence-electron chi connectivity index (χ4n) is 2.79. The van der Waals surface area contributed by atoms with Crippen LogP contribution in [-0.4, -0.2) is 25.2 Å². The van der Waals surface area contributed by atoms with Crippen molar-refractivity contribution in [3.05, 3.63) is 71.7 Å². The molecule has 0 aliphatic carbocycles. The Kier molecular flexibility index (Phi) is 4.95. The minimum atomic E-state index is -0.488. The van der Waals surface area contributed by atoms with Crippen molar-refractivity contribution in [3.8, 4) is 27.8 Å². The summed E-state index contributed by atoms with van der Waals surface area (Å²) in [5.41, 5.74) is 1.20. The van der Waals surface area contributed by atoms with E-state index in [0.29, 0.717) is 5.75 Å². The van der Waals surface area contributed by atoms with Gasteiger partial charge >= 0.3 is 5.97 Å². The number of rotatable bonds is 5. The summed E-state index contributed by atoms with van der Waals surface area (Å²) in [5, 5.41) is 4.42. The molecular formula is C22H17NO4S. The van der Waals surface area contributed by atoms with Crippen LogP contribution in [0.1, 0.15) is 10.5 Å². The van der Waals surface area contributed by atoms with Gasteiger partial charge in [-0.1, -0.05) is 12.1 Å². The largest absolute Gasteiger partial charge is 0.497 e. The summed E-state index contributed by atoms with van der Waals surface area (Å²) in [4.78, 5) is 16.9. The van der Waals surface area contributed by atoms with Gasteiger partial charge in [0.1, 0.15) is 22.3 Å². The second-order valence-electron chi connectivity index (χ2n) is 6.03. The maximum absolute atomic E-state index is 12.5. The number of aromatic nitrogens is 1. The van der Waals surface area contributed by atoms with Gasteiger partial charge in [0.15, 0.2) is 5.69 Å². The molecule has 0 atom stereocenters. The minimum Gasteiger partial charge on any atom is -0.497 e. The Morgan fingerprint density at radius 3 is 2.18 bits per heavy atom. The Balaban J connectivity index is 1.53. The molecular weight excluding hydrogens is 374 g/mol. The molecule has 4 rings (SSSR count). The van der Waals surface area contributed by atoms with Crippen molar-refractivity contribution in [3.63, 3.8) is 0 Å². The third-order valence-electron chi connectivity index (χ3n) is 4.28.